The summed E-state index contributed by atoms with van der Waals surface area (Å²) in [5.41, 5.74) is 2.13. The second-order valence-electron chi connectivity index (χ2n) is 10.1. The van der Waals surface area contributed by atoms with Gasteiger partial charge in [0.25, 0.3) is 0 Å². The highest BCUT2D eigenvalue weighted by atomic mass is 16.5. The number of Topliss-reactive ketones (excluding diaryl/α,β-unsaturated/α-hetero) is 1. The summed E-state index contributed by atoms with van der Waals surface area (Å²) in [5, 5.41) is 3.88. The molecule has 5 rings (SSSR count). The van der Waals surface area contributed by atoms with E-state index in [1.165, 1.54) is 44.2 Å². The molecule has 2 fully saturated rings. The Morgan fingerprint density at radius 2 is 1.91 bits per heavy atom. The Labute approximate surface area is 196 Å². The quantitative estimate of drug-likeness (QED) is 0.603. The lowest BCUT2D eigenvalue weighted by Gasteiger charge is -2.37. The second-order valence-corrected chi connectivity index (χ2v) is 10.1. The van der Waals surface area contributed by atoms with Crippen LogP contribution < -0.4 is 9.64 Å². The van der Waals surface area contributed by atoms with Gasteiger partial charge in [0.1, 0.15) is 23.1 Å². The van der Waals surface area contributed by atoms with E-state index in [2.05, 4.69) is 19.9 Å². The van der Waals surface area contributed by atoms with E-state index in [9.17, 15) is 4.79 Å². The first kappa shape index (κ1) is 22.4. The highest BCUT2D eigenvalue weighted by molar-refractivity contribution is 5.80. The summed E-state index contributed by atoms with van der Waals surface area (Å²) in [5.74, 6) is 4.50. The number of carbonyl (C=O) groups excluding carboxylic acids is 1. The Hall–Kier alpha value is -2.41. The van der Waals surface area contributed by atoms with Gasteiger partial charge in [-0.1, -0.05) is 18.0 Å². The Kier molecular flexibility index (Phi) is 6.95. The molecule has 2 aromatic heterocycles. The maximum absolute atomic E-state index is 12.4. The van der Waals surface area contributed by atoms with Crippen molar-refractivity contribution in [2.75, 3.05) is 44.2 Å². The van der Waals surface area contributed by atoms with Crippen LogP contribution in [-0.4, -0.2) is 60.2 Å². The fourth-order valence-corrected chi connectivity index (χ4v) is 5.73. The smallest absolute Gasteiger partial charge is 0.144 e. The number of aryl methyl sites for hydroxylation is 1. The largest absolute Gasteiger partial charge is 0.493 e. The molecule has 0 radical (unpaired) electrons. The minimum Gasteiger partial charge on any atom is -0.493 e. The van der Waals surface area contributed by atoms with Gasteiger partial charge < -0.3 is 14.2 Å². The van der Waals surface area contributed by atoms with Crippen LogP contribution in [0.2, 0.25) is 0 Å². The minimum absolute atomic E-state index is 0.289. The van der Waals surface area contributed by atoms with Crippen molar-refractivity contribution in [3.8, 4) is 5.75 Å². The van der Waals surface area contributed by atoms with Crippen LogP contribution in [0.3, 0.4) is 0 Å². The van der Waals surface area contributed by atoms with Crippen LogP contribution in [0, 0.1) is 18.8 Å². The molecule has 7 heteroatoms. The molecule has 4 heterocycles. The Balaban J connectivity index is 0.997. The van der Waals surface area contributed by atoms with Gasteiger partial charge >= 0.3 is 0 Å². The third-order valence-corrected chi connectivity index (χ3v) is 7.66. The first-order valence-electron chi connectivity index (χ1n) is 12.7. The van der Waals surface area contributed by atoms with Crippen molar-refractivity contribution in [3.63, 3.8) is 0 Å². The van der Waals surface area contributed by atoms with E-state index in [0.29, 0.717) is 24.5 Å². The van der Waals surface area contributed by atoms with Gasteiger partial charge in [0.05, 0.1) is 18.7 Å². The second kappa shape index (κ2) is 10.2. The van der Waals surface area contributed by atoms with Crippen LogP contribution in [0.1, 0.15) is 55.5 Å². The average molecular weight is 453 g/mol. The number of pyridine rings is 1. The summed E-state index contributed by atoms with van der Waals surface area (Å²) >= 11 is 0. The molecule has 0 N–H and O–H groups in total. The molecule has 0 unspecified atom stereocenters. The average Bonchev–Trinajstić information content (AvgIpc) is 3.47. The predicted octanol–water partition coefficient (Wildman–Crippen LogP) is 3.83. The van der Waals surface area contributed by atoms with Crippen molar-refractivity contribution in [2.24, 2.45) is 11.8 Å². The number of aromatic nitrogens is 2. The lowest BCUT2D eigenvalue weighted by Crippen LogP contribution is -2.47. The number of rotatable bonds is 8. The molecule has 0 bridgehead atoms. The van der Waals surface area contributed by atoms with Crippen molar-refractivity contribution in [2.45, 2.75) is 58.3 Å². The van der Waals surface area contributed by atoms with E-state index in [1.807, 2.05) is 25.3 Å². The lowest BCUT2D eigenvalue weighted by atomic mass is 9.78. The third-order valence-electron chi connectivity index (χ3n) is 7.66. The summed E-state index contributed by atoms with van der Waals surface area (Å²) < 4.78 is 10.9. The van der Waals surface area contributed by atoms with Gasteiger partial charge in [-0.05, 0) is 50.6 Å². The van der Waals surface area contributed by atoms with Crippen molar-refractivity contribution in [1.82, 2.24) is 15.0 Å². The standard InChI is InChI=1S/C26H36N4O3/c1-19-16-23(33-28-19)18-22(31)17-21-4-2-20(3-5-21)7-10-29-11-13-30(14-12-29)26-24-8-15-32-25(24)6-9-27-26/h6,9,16,20-21H,2-5,7-8,10-15,17-18H2,1H3. The highest BCUT2D eigenvalue weighted by Crippen LogP contribution is 2.34. The summed E-state index contributed by atoms with van der Waals surface area (Å²) in [6.07, 6.45) is 10.1. The lowest BCUT2D eigenvalue weighted by molar-refractivity contribution is -0.119. The van der Waals surface area contributed by atoms with Gasteiger partial charge in [-0.25, -0.2) is 4.98 Å². The third kappa shape index (κ3) is 5.57. The molecule has 0 aromatic carbocycles. The molecule has 1 saturated carbocycles. The first-order chi connectivity index (χ1) is 16.1. The van der Waals surface area contributed by atoms with E-state index >= 15 is 0 Å². The molecule has 3 aliphatic rings. The van der Waals surface area contributed by atoms with Gasteiger partial charge in [0.2, 0.25) is 0 Å². The Morgan fingerprint density at radius 3 is 2.67 bits per heavy atom. The van der Waals surface area contributed by atoms with Crippen LogP contribution in [0.15, 0.2) is 22.9 Å². The number of anilines is 1. The summed E-state index contributed by atoms with van der Waals surface area (Å²) in [6, 6.07) is 3.86. The minimum atomic E-state index is 0.289. The van der Waals surface area contributed by atoms with E-state index in [0.717, 1.165) is 62.4 Å². The fraction of sp³-hybridized carbons (Fsp3) is 0.654. The number of ketones is 1. The topological polar surface area (TPSA) is 71.7 Å². The number of fused-ring (bicyclic) bond motifs is 1. The highest BCUT2D eigenvalue weighted by Gasteiger charge is 2.26. The molecule has 33 heavy (non-hydrogen) atoms. The molecular formula is C26H36N4O3. The summed E-state index contributed by atoms with van der Waals surface area (Å²) in [6.45, 7) is 8.17. The normalized spacial score (nSPS) is 23.4. The molecule has 2 aromatic rings. The van der Waals surface area contributed by atoms with Crippen molar-refractivity contribution < 1.29 is 14.1 Å². The van der Waals surface area contributed by atoms with Gasteiger partial charge in [0.15, 0.2) is 0 Å². The summed E-state index contributed by atoms with van der Waals surface area (Å²) in [4.78, 5) is 22.1. The number of ether oxygens (including phenoxy) is 1. The SMILES string of the molecule is Cc1cc(CC(=O)CC2CCC(CCN3CCN(c4nccc5c4CCO5)CC3)CC2)on1. The molecule has 1 saturated heterocycles. The van der Waals surface area contributed by atoms with Gasteiger partial charge in [-0.2, -0.15) is 0 Å². The molecular weight excluding hydrogens is 416 g/mol. The molecule has 2 aliphatic heterocycles. The molecule has 0 atom stereocenters. The van der Waals surface area contributed by atoms with Crippen LogP contribution in [0.4, 0.5) is 5.82 Å². The zero-order valence-corrected chi connectivity index (χ0v) is 19.8. The Morgan fingerprint density at radius 1 is 1.12 bits per heavy atom. The molecule has 178 valence electrons. The van der Waals surface area contributed by atoms with E-state index < -0.39 is 0 Å². The molecule has 0 amide bonds. The van der Waals surface area contributed by atoms with Gasteiger partial charge in [-0.3, -0.25) is 9.69 Å². The maximum atomic E-state index is 12.4. The van der Waals surface area contributed by atoms with Crippen molar-refractivity contribution >= 4 is 11.6 Å². The number of piperazine rings is 1. The zero-order chi connectivity index (χ0) is 22.6. The molecule has 7 nitrogen and oxygen atoms in total. The van der Waals surface area contributed by atoms with Crippen LogP contribution in [-0.2, 0) is 17.6 Å². The molecule has 1 aliphatic carbocycles. The van der Waals surface area contributed by atoms with Crippen molar-refractivity contribution in [3.05, 3.63) is 35.3 Å². The monoisotopic (exact) mass is 452 g/mol. The number of carbonyl (C=O) groups is 1. The Bertz CT molecular complexity index is 943. The zero-order valence-electron chi connectivity index (χ0n) is 19.8. The molecule has 0 spiro atoms. The number of nitrogens with zero attached hydrogens (tertiary/aromatic N) is 4. The van der Waals surface area contributed by atoms with Crippen LogP contribution in [0.25, 0.3) is 0 Å². The van der Waals surface area contributed by atoms with Gasteiger partial charge in [-0.15, -0.1) is 0 Å². The number of hydrogen-bond acceptors (Lipinski definition) is 7. The van der Waals surface area contributed by atoms with Crippen molar-refractivity contribution in [1.29, 1.82) is 0 Å². The predicted molar refractivity (Wildman–Crippen MR) is 127 cm³/mol. The van der Waals surface area contributed by atoms with E-state index in [-0.39, 0.29) is 5.78 Å². The first-order valence-corrected chi connectivity index (χ1v) is 12.7. The van der Waals surface area contributed by atoms with Gasteiger partial charge in [0, 0.05) is 56.8 Å². The fourth-order valence-electron chi connectivity index (χ4n) is 5.73. The van der Waals surface area contributed by atoms with E-state index in [1.54, 1.807) is 0 Å². The summed E-state index contributed by atoms with van der Waals surface area (Å²) in [7, 11) is 0. The van der Waals surface area contributed by atoms with Crippen LogP contribution in [0.5, 0.6) is 5.75 Å². The van der Waals surface area contributed by atoms with E-state index in [4.69, 9.17) is 9.26 Å². The van der Waals surface area contributed by atoms with Crippen LogP contribution >= 0.6 is 0 Å². The maximum Gasteiger partial charge on any atom is 0.144 e. The number of hydrogen-bond donors (Lipinski definition) is 0.